The number of fused-ring (bicyclic) bond motifs is 1. The van der Waals surface area contributed by atoms with Crippen LogP contribution in [-0.4, -0.2) is 36.5 Å². The van der Waals surface area contributed by atoms with E-state index in [4.69, 9.17) is 5.14 Å². The van der Waals surface area contributed by atoms with Gasteiger partial charge in [-0.25, -0.2) is 13.6 Å². The molecule has 0 saturated carbocycles. The minimum absolute atomic E-state index is 0.0524. The quantitative estimate of drug-likeness (QED) is 0.905. The van der Waals surface area contributed by atoms with E-state index in [1.165, 1.54) is 0 Å². The molecule has 0 aliphatic carbocycles. The maximum atomic E-state index is 12.1. The smallest absolute Gasteiger partial charge is 0.223 e. The maximum absolute atomic E-state index is 12.1. The van der Waals surface area contributed by atoms with Crippen LogP contribution in [0.5, 0.6) is 0 Å². The van der Waals surface area contributed by atoms with E-state index in [-0.39, 0.29) is 24.0 Å². The van der Waals surface area contributed by atoms with Crippen molar-refractivity contribution < 1.29 is 13.2 Å². The number of sulfonamides is 1. The zero-order valence-electron chi connectivity index (χ0n) is 12.0. The van der Waals surface area contributed by atoms with Gasteiger partial charge in [-0.15, -0.1) is 0 Å². The summed E-state index contributed by atoms with van der Waals surface area (Å²) in [5.41, 5.74) is 0.822. The van der Waals surface area contributed by atoms with E-state index >= 15 is 0 Å². The summed E-state index contributed by atoms with van der Waals surface area (Å²) in [7, 11) is -3.56. The third kappa shape index (κ3) is 3.26. The first kappa shape index (κ1) is 14.9. The van der Waals surface area contributed by atoms with E-state index in [9.17, 15) is 13.2 Å². The van der Waals surface area contributed by atoms with E-state index < -0.39 is 10.0 Å². The van der Waals surface area contributed by atoms with Crippen LogP contribution in [0.25, 0.3) is 10.8 Å². The summed E-state index contributed by atoms with van der Waals surface area (Å²) in [6.45, 7) is 0.793. The lowest BCUT2D eigenvalue weighted by atomic mass is 10.1. The number of benzene rings is 1. The molecule has 1 aliphatic rings. The molecule has 116 valence electrons. The molecule has 1 aromatic carbocycles. The molecule has 2 N–H and O–H groups in total. The van der Waals surface area contributed by atoms with Gasteiger partial charge in [0, 0.05) is 30.5 Å². The van der Waals surface area contributed by atoms with Gasteiger partial charge in [-0.1, -0.05) is 24.3 Å². The second kappa shape index (κ2) is 5.66. The normalized spacial score (nSPS) is 19.0. The van der Waals surface area contributed by atoms with E-state index in [0.717, 1.165) is 16.5 Å². The van der Waals surface area contributed by atoms with Gasteiger partial charge in [0.05, 0.1) is 18.0 Å². The van der Waals surface area contributed by atoms with Crippen LogP contribution in [0.2, 0.25) is 0 Å². The molecular formula is C15H17N3O3S. The van der Waals surface area contributed by atoms with Crippen molar-refractivity contribution in [3.05, 3.63) is 42.2 Å². The zero-order chi connectivity index (χ0) is 15.7. The third-order valence-corrected chi connectivity index (χ3v) is 4.80. The topological polar surface area (TPSA) is 93.4 Å². The van der Waals surface area contributed by atoms with Crippen molar-refractivity contribution in [2.24, 2.45) is 11.1 Å². The fraction of sp³-hybridized carbons (Fsp3) is 0.333. The number of primary sulfonamides is 1. The standard InChI is InChI=1S/C15H17N3O3S/c16-22(20,21)10-11-7-15(19)18(8-11)9-14-13-4-2-1-3-12(13)5-6-17-14/h1-6,11H,7-10H2,(H2,16,20,21). The van der Waals surface area contributed by atoms with Gasteiger partial charge >= 0.3 is 0 Å². The molecule has 1 aromatic heterocycles. The number of likely N-dealkylation sites (tertiary alicyclic amines) is 1. The lowest BCUT2D eigenvalue weighted by molar-refractivity contribution is -0.128. The molecule has 0 radical (unpaired) electrons. The Hall–Kier alpha value is -1.99. The Labute approximate surface area is 129 Å². The Morgan fingerprint density at radius 1 is 1.27 bits per heavy atom. The number of hydrogen-bond acceptors (Lipinski definition) is 4. The Bertz CT molecular complexity index is 814. The SMILES string of the molecule is NS(=O)(=O)CC1CC(=O)N(Cc2nccc3ccccc23)C1. The molecule has 0 spiro atoms. The van der Waals surface area contributed by atoms with Gasteiger partial charge in [0.25, 0.3) is 0 Å². The van der Waals surface area contributed by atoms with Gasteiger partial charge in [0.2, 0.25) is 15.9 Å². The summed E-state index contributed by atoms with van der Waals surface area (Å²) < 4.78 is 22.3. The summed E-state index contributed by atoms with van der Waals surface area (Å²) in [6.07, 6.45) is 1.95. The summed E-state index contributed by atoms with van der Waals surface area (Å²) in [6, 6.07) is 9.78. The molecule has 1 atom stereocenters. The predicted molar refractivity (Wildman–Crippen MR) is 83.2 cm³/mol. The van der Waals surface area contributed by atoms with Crippen molar-refractivity contribution in [1.82, 2.24) is 9.88 Å². The van der Waals surface area contributed by atoms with Gasteiger partial charge in [-0.2, -0.15) is 0 Å². The Balaban J connectivity index is 1.79. The van der Waals surface area contributed by atoms with Gasteiger partial charge in [0.1, 0.15) is 0 Å². The van der Waals surface area contributed by atoms with Crippen molar-refractivity contribution in [2.75, 3.05) is 12.3 Å². The van der Waals surface area contributed by atoms with E-state index in [2.05, 4.69) is 4.98 Å². The number of hydrogen-bond donors (Lipinski definition) is 1. The number of rotatable bonds is 4. The molecule has 2 aromatic rings. The molecule has 1 fully saturated rings. The van der Waals surface area contributed by atoms with Gasteiger partial charge in [0.15, 0.2) is 0 Å². The molecule has 1 saturated heterocycles. The van der Waals surface area contributed by atoms with Gasteiger partial charge < -0.3 is 4.90 Å². The number of carbonyl (C=O) groups excluding carboxylic acids is 1. The first-order valence-electron chi connectivity index (χ1n) is 7.03. The predicted octanol–water partition coefficient (Wildman–Crippen LogP) is 0.872. The number of carbonyl (C=O) groups is 1. The number of nitrogens with two attached hydrogens (primary N) is 1. The molecular weight excluding hydrogens is 302 g/mol. The second-order valence-corrected chi connectivity index (χ2v) is 7.31. The molecule has 22 heavy (non-hydrogen) atoms. The van der Waals surface area contributed by atoms with Crippen LogP contribution in [0.4, 0.5) is 0 Å². The van der Waals surface area contributed by atoms with Crippen LogP contribution in [0.15, 0.2) is 36.5 Å². The van der Waals surface area contributed by atoms with Crippen LogP contribution in [0.3, 0.4) is 0 Å². The Morgan fingerprint density at radius 2 is 2.05 bits per heavy atom. The number of amides is 1. The van der Waals surface area contributed by atoms with Crippen molar-refractivity contribution in [1.29, 1.82) is 0 Å². The summed E-state index contributed by atoms with van der Waals surface area (Å²) in [5, 5.41) is 7.14. The van der Waals surface area contributed by atoms with Crippen molar-refractivity contribution in [2.45, 2.75) is 13.0 Å². The maximum Gasteiger partial charge on any atom is 0.223 e. The minimum Gasteiger partial charge on any atom is -0.336 e. The van der Waals surface area contributed by atoms with Crippen molar-refractivity contribution in [3.8, 4) is 0 Å². The largest absolute Gasteiger partial charge is 0.336 e. The lowest BCUT2D eigenvalue weighted by Crippen LogP contribution is -2.27. The van der Waals surface area contributed by atoms with Crippen LogP contribution in [-0.2, 0) is 21.4 Å². The highest BCUT2D eigenvalue weighted by Crippen LogP contribution is 2.23. The molecule has 0 bridgehead atoms. The zero-order valence-corrected chi connectivity index (χ0v) is 12.8. The summed E-state index contributed by atoms with van der Waals surface area (Å²) in [4.78, 5) is 18.1. The summed E-state index contributed by atoms with van der Waals surface area (Å²) in [5.74, 6) is -0.445. The Kier molecular flexibility index (Phi) is 3.84. The third-order valence-electron chi connectivity index (χ3n) is 3.86. The highest BCUT2D eigenvalue weighted by Gasteiger charge is 2.32. The minimum atomic E-state index is -3.56. The number of aromatic nitrogens is 1. The van der Waals surface area contributed by atoms with Gasteiger partial charge in [-0.3, -0.25) is 9.78 Å². The fourth-order valence-electron chi connectivity index (χ4n) is 2.94. The lowest BCUT2D eigenvalue weighted by Gasteiger charge is -2.17. The molecule has 2 heterocycles. The first-order chi connectivity index (χ1) is 10.4. The Morgan fingerprint density at radius 3 is 2.82 bits per heavy atom. The van der Waals surface area contributed by atoms with Gasteiger partial charge in [-0.05, 0) is 11.5 Å². The monoisotopic (exact) mass is 319 g/mol. The number of pyridine rings is 1. The fourth-order valence-corrected chi connectivity index (χ4v) is 3.82. The molecule has 3 rings (SSSR count). The highest BCUT2D eigenvalue weighted by atomic mass is 32.2. The van der Waals surface area contributed by atoms with Crippen LogP contribution < -0.4 is 5.14 Å². The van der Waals surface area contributed by atoms with E-state index in [1.54, 1.807) is 11.1 Å². The second-order valence-electron chi connectivity index (χ2n) is 5.65. The average molecular weight is 319 g/mol. The first-order valence-corrected chi connectivity index (χ1v) is 8.75. The van der Waals surface area contributed by atoms with Crippen molar-refractivity contribution >= 4 is 26.7 Å². The van der Waals surface area contributed by atoms with Crippen LogP contribution in [0.1, 0.15) is 12.1 Å². The van der Waals surface area contributed by atoms with E-state index in [0.29, 0.717) is 13.1 Å². The highest BCUT2D eigenvalue weighted by molar-refractivity contribution is 7.89. The molecule has 6 nitrogen and oxygen atoms in total. The van der Waals surface area contributed by atoms with Crippen LogP contribution in [0, 0.1) is 5.92 Å². The molecule has 7 heteroatoms. The van der Waals surface area contributed by atoms with Crippen molar-refractivity contribution in [3.63, 3.8) is 0 Å². The van der Waals surface area contributed by atoms with Crippen LogP contribution >= 0.6 is 0 Å². The average Bonchev–Trinajstić information content (AvgIpc) is 2.77. The van der Waals surface area contributed by atoms with E-state index in [1.807, 2.05) is 30.3 Å². The summed E-state index contributed by atoms with van der Waals surface area (Å²) >= 11 is 0. The molecule has 1 aliphatic heterocycles. The molecule has 1 amide bonds. The molecule has 1 unspecified atom stereocenters. The number of nitrogens with zero attached hydrogens (tertiary/aromatic N) is 2.